The zero-order chi connectivity index (χ0) is 17.1. The molecule has 0 bridgehead atoms. The van der Waals surface area contributed by atoms with Crippen molar-refractivity contribution >= 4 is 5.95 Å². The van der Waals surface area contributed by atoms with Crippen LogP contribution in [0.15, 0.2) is 57.9 Å². The van der Waals surface area contributed by atoms with Crippen molar-refractivity contribution in [3.05, 3.63) is 81.7 Å². The summed E-state index contributed by atoms with van der Waals surface area (Å²) in [5, 5.41) is 3.12. The molecule has 6 nitrogen and oxygen atoms in total. The van der Waals surface area contributed by atoms with Crippen LogP contribution in [0.4, 0.5) is 5.95 Å². The van der Waals surface area contributed by atoms with Crippen LogP contribution in [-0.2, 0) is 26.1 Å². The fraction of sp³-hybridized carbons (Fsp3) is 0.263. The number of rotatable bonds is 5. The van der Waals surface area contributed by atoms with Crippen LogP contribution < -0.4 is 10.9 Å². The highest BCUT2D eigenvalue weighted by Gasteiger charge is 2.21. The molecule has 0 atom stereocenters. The van der Waals surface area contributed by atoms with E-state index in [9.17, 15) is 4.79 Å². The molecule has 0 aliphatic carbocycles. The average molecular weight is 336 g/mol. The molecule has 2 N–H and O–H groups in total. The van der Waals surface area contributed by atoms with Crippen molar-refractivity contribution in [2.45, 2.75) is 26.1 Å². The van der Waals surface area contributed by atoms with Crippen molar-refractivity contribution in [3.63, 3.8) is 0 Å². The fourth-order valence-electron chi connectivity index (χ4n) is 3.13. The maximum Gasteiger partial charge on any atom is 0.257 e. The van der Waals surface area contributed by atoms with Crippen LogP contribution in [0.5, 0.6) is 0 Å². The van der Waals surface area contributed by atoms with Crippen LogP contribution in [0.3, 0.4) is 0 Å². The van der Waals surface area contributed by atoms with Crippen molar-refractivity contribution in [3.8, 4) is 0 Å². The van der Waals surface area contributed by atoms with Gasteiger partial charge in [0, 0.05) is 26.1 Å². The third-order valence-electron chi connectivity index (χ3n) is 4.41. The smallest absolute Gasteiger partial charge is 0.257 e. The topological polar surface area (TPSA) is 74.2 Å². The summed E-state index contributed by atoms with van der Waals surface area (Å²) in [5.41, 5.74) is 2.84. The molecule has 0 amide bonds. The lowest BCUT2D eigenvalue weighted by Gasteiger charge is -2.27. The minimum atomic E-state index is -0.0651. The van der Waals surface area contributed by atoms with E-state index in [1.807, 2.05) is 30.3 Å². The Hall–Kier alpha value is -2.86. The predicted molar refractivity (Wildman–Crippen MR) is 95.2 cm³/mol. The molecule has 3 aromatic rings. The Morgan fingerprint density at radius 3 is 2.88 bits per heavy atom. The molecule has 1 aliphatic rings. The number of hydrogen-bond acceptors (Lipinski definition) is 5. The number of furan rings is 1. The molecule has 0 spiro atoms. The summed E-state index contributed by atoms with van der Waals surface area (Å²) >= 11 is 0. The summed E-state index contributed by atoms with van der Waals surface area (Å²) in [7, 11) is 0. The molecular weight excluding hydrogens is 316 g/mol. The number of benzene rings is 1. The largest absolute Gasteiger partial charge is 0.467 e. The van der Waals surface area contributed by atoms with E-state index in [1.54, 1.807) is 6.26 Å². The lowest BCUT2D eigenvalue weighted by molar-refractivity contribution is 0.242. The average Bonchev–Trinajstić information content (AvgIpc) is 3.15. The molecule has 0 saturated heterocycles. The van der Waals surface area contributed by atoms with E-state index in [4.69, 9.17) is 4.42 Å². The van der Waals surface area contributed by atoms with Crippen LogP contribution >= 0.6 is 0 Å². The van der Waals surface area contributed by atoms with Gasteiger partial charge >= 0.3 is 0 Å². The van der Waals surface area contributed by atoms with Gasteiger partial charge in [0.2, 0.25) is 5.95 Å². The molecule has 1 aromatic carbocycles. The highest BCUT2D eigenvalue weighted by molar-refractivity contribution is 5.31. The number of aromatic nitrogens is 2. The van der Waals surface area contributed by atoms with Gasteiger partial charge < -0.3 is 9.73 Å². The molecule has 0 fully saturated rings. The van der Waals surface area contributed by atoms with E-state index >= 15 is 0 Å². The molecule has 3 heterocycles. The highest BCUT2D eigenvalue weighted by atomic mass is 16.3. The Morgan fingerprint density at radius 2 is 2.08 bits per heavy atom. The summed E-state index contributed by atoms with van der Waals surface area (Å²) in [6.07, 6.45) is 2.41. The molecule has 0 saturated carbocycles. The van der Waals surface area contributed by atoms with Gasteiger partial charge in [0.25, 0.3) is 5.56 Å². The monoisotopic (exact) mass is 336 g/mol. The SMILES string of the molecule is O=c1[nH]c(NCc2ccco2)nc2c1CN(Cc1ccccc1)CC2. The zero-order valence-electron chi connectivity index (χ0n) is 13.9. The summed E-state index contributed by atoms with van der Waals surface area (Å²) in [6.45, 7) is 2.87. The Kier molecular flexibility index (Phi) is 4.35. The number of nitrogens with one attached hydrogen (secondary N) is 2. The summed E-state index contributed by atoms with van der Waals surface area (Å²) in [5.74, 6) is 1.30. The first-order valence-corrected chi connectivity index (χ1v) is 8.42. The first-order valence-electron chi connectivity index (χ1n) is 8.42. The van der Waals surface area contributed by atoms with Gasteiger partial charge in [-0.05, 0) is 17.7 Å². The predicted octanol–water partition coefficient (Wildman–Crippen LogP) is 2.53. The van der Waals surface area contributed by atoms with E-state index in [0.29, 0.717) is 19.0 Å². The second-order valence-corrected chi connectivity index (χ2v) is 6.22. The molecular formula is C19H20N4O2. The van der Waals surface area contributed by atoms with Crippen molar-refractivity contribution in [1.82, 2.24) is 14.9 Å². The fourth-order valence-corrected chi connectivity index (χ4v) is 3.13. The standard InChI is InChI=1S/C19H20N4O2/c24-18-16-13-23(12-14-5-2-1-3-6-14)9-8-17(16)21-19(22-18)20-11-15-7-4-10-25-15/h1-7,10H,8-9,11-13H2,(H2,20,21,22,24). The molecule has 128 valence electrons. The van der Waals surface area contributed by atoms with Gasteiger partial charge in [-0.2, -0.15) is 0 Å². The van der Waals surface area contributed by atoms with Gasteiger partial charge in [-0.1, -0.05) is 30.3 Å². The van der Waals surface area contributed by atoms with E-state index < -0.39 is 0 Å². The molecule has 0 radical (unpaired) electrons. The van der Waals surface area contributed by atoms with Gasteiger partial charge in [-0.25, -0.2) is 4.98 Å². The third-order valence-corrected chi connectivity index (χ3v) is 4.41. The maximum atomic E-state index is 12.5. The Morgan fingerprint density at radius 1 is 1.20 bits per heavy atom. The molecule has 6 heteroatoms. The molecule has 2 aromatic heterocycles. The third kappa shape index (κ3) is 3.64. The second-order valence-electron chi connectivity index (χ2n) is 6.22. The van der Waals surface area contributed by atoms with Crippen molar-refractivity contribution in [2.75, 3.05) is 11.9 Å². The van der Waals surface area contributed by atoms with Gasteiger partial charge in [0.15, 0.2) is 0 Å². The first kappa shape index (κ1) is 15.7. The van der Waals surface area contributed by atoms with Crippen molar-refractivity contribution in [1.29, 1.82) is 0 Å². The first-order chi connectivity index (χ1) is 12.3. The molecule has 4 rings (SSSR count). The van der Waals surface area contributed by atoms with Gasteiger partial charge in [0.05, 0.1) is 24.1 Å². The van der Waals surface area contributed by atoms with Crippen LogP contribution in [0.1, 0.15) is 22.6 Å². The molecule has 0 unspecified atom stereocenters. The van der Waals surface area contributed by atoms with Crippen molar-refractivity contribution < 1.29 is 4.42 Å². The number of anilines is 1. The number of H-pyrrole nitrogens is 1. The minimum absolute atomic E-state index is 0.0651. The summed E-state index contributed by atoms with van der Waals surface area (Å²) in [6, 6.07) is 14.0. The van der Waals surface area contributed by atoms with E-state index in [0.717, 1.165) is 36.5 Å². The number of nitrogens with zero attached hydrogens (tertiary/aromatic N) is 2. The maximum absolute atomic E-state index is 12.5. The van der Waals surface area contributed by atoms with Gasteiger partial charge in [0.1, 0.15) is 5.76 Å². The lowest BCUT2D eigenvalue weighted by atomic mass is 10.1. The quantitative estimate of drug-likeness (QED) is 0.749. The molecule has 1 aliphatic heterocycles. The Labute approximate surface area is 145 Å². The number of aromatic amines is 1. The van der Waals surface area contributed by atoms with Crippen LogP contribution in [0.2, 0.25) is 0 Å². The highest BCUT2D eigenvalue weighted by Crippen LogP contribution is 2.17. The van der Waals surface area contributed by atoms with Crippen molar-refractivity contribution in [2.24, 2.45) is 0 Å². The Bertz CT molecular complexity index is 888. The van der Waals surface area contributed by atoms with Crippen LogP contribution in [0.25, 0.3) is 0 Å². The summed E-state index contributed by atoms with van der Waals surface area (Å²) < 4.78 is 5.28. The number of fused-ring (bicyclic) bond motifs is 1. The van der Waals surface area contributed by atoms with Crippen LogP contribution in [-0.4, -0.2) is 21.4 Å². The van der Waals surface area contributed by atoms with Gasteiger partial charge in [-0.3, -0.25) is 14.7 Å². The van der Waals surface area contributed by atoms with Crippen LogP contribution in [0, 0.1) is 0 Å². The number of hydrogen-bond donors (Lipinski definition) is 2. The van der Waals surface area contributed by atoms with E-state index in [2.05, 4.69) is 32.3 Å². The minimum Gasteiger partial charge on any atom is -0.467 e. The second kappa shape index (κ2) is 6.94. The normalized spacial score (nSPS) is 14.2. The van der Waals surface area contributed by atoms with E-state index in [1.165, 1.54) is 5.56 Å². The van der Waals surface area contributed by atoms with Gasteiger partial charge in [-0.15, -0.1) is 0 Å². The molecule has 25 heavy (non-hydrogen) atoms. The zero-order valence-corrected chi connectivity index (χ0v) is 13.9. The Balaban J connectivity index is 1.46. The van der Waals surface area contributed by atoms with E-state index in [-0.39, 0.29) is 5.56 Å². The summed E-state index contributed by atoms with van der Waals surface area (Å²) in [4.78, 5) is 22.2. The lowest BCUT2D eigenvalue weighted by Crippen LogP contribution is -2.35.